The Morgan fingerprint density at radius 3 is 2.32 bits per heavy atom. The van der Waals surface area contributed by atoms with E-state index in [1.807, 2.05) is 36.4 Å². The van der Waals surface area contributed by atoms with Gasteiger partial charge in [-0.05, 0) is 60.7 Å². The number of hydrogen-bond donors (Lipinski definition) is 1. The number of ether oxygens (including phenoxy) is 2. The highest BCUT2D eigenvalue weighted by Gasteiger charge is 2.23. The van der Waals surface area contributed by atoms with Gasteiger partial charge in [0.25, 0.3) is 5.56 Å². The lowest BCUT2D eigenvalue weighted by Crippen LogP contribution is -2.23. The molecule has 0 amide bonds. The second-order valence-corrected chi connectivity index (χ2v) is 8.39. The molecule has 0 atom stereocenters. The number of nitrogens with zero attached hydrogens (tertiary/aromatic N) is 2. The van der Waals surface area contributed by atoms with E-state index in [0.29, 0.717) is 45.4 Å². The Labute approximate surface area is 197 Å². The van der Waals surface area contributed by atoms with Crippen LogP contribution in [0.15, 0.2) is 65.5 Å². The number of aromatic hydroxyl groups is 1. The second kappa shape index (κ2) is 9.06. The van der Waals surface area contributed by atoms with Gasteiger partial charge >= 0.3 is 0 Å². The van der Waals surface area contributed by atoms with Gasteiger partial charge in [-0.25, -0.2) is 4.98 Å². The molecule has 0 saturated heterocycles. The molecular formula is C28H26N2O4. The quantitative estimate of drug-likeness (QED) is 0.414. The van der Waals surface area contributed by atoms with Crippen LogP contribution in [0.3, 0.4) is 0 Å². The number of rotatable bonds is 6. The average molecular weight is 455 g/mol. The summed E-state index contributed by atoms with van der Waals surface area (Å²) in [4.78, 5) is 18.5. The molecule has 0 unspecified atom stereocenters. The summed E-state index contributed by atoms with van der Waals surface area (Å²) in [6.07, 6.45) is 6.93. The molecule has 1 fully saturated rings. The first kappa shape index (κ1) is 21.8. The van der Waals surface area contributed by atoms with Crippen LogP contribution in [-0.2, 0) is 0 Å². The highest BCUT2D eigenvalue weighted by Crippen LogP contribution is 2.42. The van der Waals surface area contributed by atoms with E-state index in [1.165, 1.54) is 11.0 Å². The lowest BCUT2D eigenvalue weighted by molar-refractivity contribution is 0.390. The van der Waals surface area contributed by atoms with Crippen molar-refractivity contribution in [3.63, 3.8) is 0 Å². The summed E-state index contributed by atoms with van der Waals surface area (Å²) in [5, 5.41) is 11.4. The van der Waals surface area contributed by atoms with Crippen molar-refractivity contribution in [1.29, 1.82) is 0 Å². The zero-order valence-corrected chi connectivity index (χ0v) is 19.2. The molecule has 0 aliphatic heterocycles. The van der Waals surface area contributed by atoms with E-state index in [0.717, 1.165) is 18.4 Å². The van der Waals surface area contributed by atoms with Crippen molar-refractivity contribution in [1.82, 2.24) is 9.55 Å². The smallest absolute Gasteiger partial charge is 0.266 e. The van der Waals surface area contributed by atoms with Gasteiger partial charge in [-0.15, -0.1) is 0 Å². The maximum Gasteiger partial charge on any atom is 0.266 e. The number of methoxy groups -OCH3 is 2. The van der Waals surface area contributed by atoms with Crippen LogP contribution in [-0.4, -0.2) is 28.9 Å². The van der Waals surface area contributed by atoms with E-state index in [4.69, 9.17) is 14.5 Å². The van der Waals surface area contributed by atoms with E-state index in [-0.39, 0.29) is 11.3 Å². The molecule has 0 spiro atoms. The predicted octanol–water partition coefficient (Wildman–Crippen LogP) is 5.55. The van der Waals surface area contributed by atoms with E-state index in [1.54, 1.807) is 50.6 Å². The summed E-state index contributed by atoms with van der Waals surface area (Å²) in [6.45, 7) is 0. The summed E-state index contributed by atoms with van der Waals surface area (Å²) >= 11 is 0. The fourth-order valence-corrected chi connectivity index (χ4v) is 4.46. The lowest BCUT2D eigenvalue weighted by Gasteiger charge is -2.26. The Kier molecular flexibility index (Phi) is 5.80. The van der Waals surface area contributed by atoms with Crippen LogP contribution >= 0.6 is 0 Å². The van der Waals surface area contributed by atoms with E-state index >= 15 is 0 Å². The van der Waals surface area contributed by atoms with E-state index in [2.05, 4.69) is 0 Å². The summed E-state index contributed by atoms with van der Waals surface area (Å²) < 4.78 is 12.7. The first-order chi connectivity index (χ1) is 16.6. The third kappa shape index (κ3) is 3.71. The molecule has 34 heavy (non-hydrogen) atoms. The van der Waals surface area contributed by atoms with Gasteiger partial charge in [-0.1, -0.05) is 42.8 Å². The van der Waals surface area contributed by atoms with Crippen LogP contribution in [0.4, 0.5) is 0 Å². The minimum Gasteiger partial charge on any atom is -0.507 e. The topological polar surface area (TPSA) is 73.6 Å². The zero-order valence-electron chi connectivity index (χ0n) is 19.2. The van der Waals surface area contributed by atoms with Crippen molar-refractivity contribution < 1.29 is 14.6 Å². The van der Waals surface area contributed by atoms with E-state index < -0.39 is 0 Å². The minimum absolute atomic E-state index is 0.236. The molecule has 1 N–H and O–H groups in total. The van der Waals surface area contributed by atoms with Gasteiger partial charge in [0.15, 0.2) is 0 Å². The van der Waals surface area contributed by atoms with Crippen molar-refractivity contribution in [2.45, 2.75) is 25.2 Å². The van der Waals surface area contributed by atoms with Gasteiger partial charge in [-0.2, -0.15) is 0 Å². The van der Waals surface area contributed by atoms with Gasteiger partial charge in [0, 0.05) is 5.56 Å². The molecule has 1 aromatic heterocycles. The molecular weight excluding hydrogens is 428 g/mol. The fourth-order valence-electron chi connectivity index (χ4n) is 4.46. The monoisotopic (exact) mass is 454 g/mol. The van der Waals surface area contributed by atoms with Crippen LogP contribution in [0, 0.1) is 0 Å². The Hall–Kier alpha value is -4.06. The number of phenolic OH excluding ortho intramolecular Hbond substituents is 1. The molecule has 1 saturated carbocycles. The summed E-state index contributed by atoms with van der Waals surface area (Å²) in [7, 11) is 3.11. The third-order valence-corrected chi connectivity index (χ3v) is 6.48. The summed E-state index contributed by atoms with van der Waals surface area (Å²) in [5.74, 6) is 2.07. The fraction of sp³-hybridized carbons (Fsp3) is 0.214. The molecule has 6 heteroatoms. The van der Waals surface area contributed by atoms with E-state index in [9.17, 15) is 9.90 Å². The molecule has 6 nitrogen and oxygen atoms in total. The first-order valence-electron chi connectivity index (χ1n) is 11.4. The molecule has 4 aromatic rings. The van der Waals surface area contributed by atoms with Crippen molar-refractivity contribution in [2.24, 2.45) is 0 Å². The van der Waals surface area contributed by atoms with Crippen LogP contribution in [0.2, 0.25) is 0 Å². The molecule has 5 rings (SSSR count). The highest BCUT2D eigenvalue weighted by atomic mass is 16.5. The van der Waals surface area contributed by atoms with Crippen LogP contribution in [0.1, 0.15) is 42.1 Å². The maximum atomic E-state index is 13.7. The standard InChI is InChI=1S/C28H26N2O4/c1-33-23-14-7-15-24(34-2)26(23)30-25(29-22-13-4-3-11-21(22)28(30)32)17-16-19-10-6-12-20(27(19)31)18-8-5-9-18/h3-4,6-7,10-18,31H,5,8-9H2,1-2H3/b17-16+. The van der Waals surface area contributed by atoms with Crippen LogP contribution in [0.5, 0.6) is 17.2 Å². The van der Waals surface area contributed by atoms with Crippen molar-refractivity contribution in [3.05, 3.63) is 88.0 Å². The molecule has 0 bridgehead atoms. The molecule has 0 radical (unpaired) electrons. The Balaban J connectivity index is 1.72. The molecule has 3 aromatic carbocycles. The van der Waals surface area contributed by atoms with Crippen LogP contribution in [0.25, 0.3) is 28.7 Å². The van der Waals surface area contributed by atoms with Gasteiger partial charge in [-0.3, -0.25) is 9.36 Å². The Morgan fingerprint density at radius 1 is 0.941 bits per heavy atom. The first-order valence-corrected chi connectivity index (χ1v) is 11.4. The minimum atomic E-state index is -0.236. The normalized spacial score (nSPS) is 13.8. The SMILES string of the molecule is COc1cccc(OC)c1-n1c(/C=C/c2cccc(C3CCC3)c2O)nc2ccccc2c1=O. The molecule has 1 aliphatic carbocycles. The van der Waals surface area contributed by atoms with Crippen molar-refractivity contribution in [2.75, 3.05) is 14.2 Å². The highest BCUT2D eigenvalue weighted by molar-refractivity contribution is 5.81. The number of phenols is 1. The maximum absolute atomic E-state index is 13.7. The van der Waals surface area contributed by atoms with Gasteiger partial charge in [0.2, 0.25) is 0 Å². The van der Waals surface area contributed by atoms with Gasteiger partial charge in [0.1, 0.15) is 28.8 Å². The molecule has 172 valence electrons. The molecule has 1 heterocycles. The predicted molar refractivity (Wildman–Crippen MR) is 134 cm³/mol. The zero-order chi connectivity index (χ0) is 23.7. The Bertz CT molecular complexity index is 1430. The largest absolute Gasteiger partial charge is 0.507 e. The van der Waals surface area contributed by atoms with Crippen LogP contribution < -0.4 is 15.0 Å². The number of hydrogen-bond acceptors (Lipinski definition) is 5. The number of para-hydroxylation sites is 3. The summed E-state index contributed by atoms with van der Waals surface area (Å²) in [5.41, 5.74) is 2.49. The number of aromatic nitrogens is 2. The van der Waals surface area contributed by atoms with Gasteiger partial charge in [0.05, 0.1) is 25.1 Å². The van der Waals surface area contributed by atoms with Crippen molar-refractivity contribution in [3.8, 4) is 22.9 Å². The molecule has 1 aliphatic rings. The second-order valence-electron chi connectivity index (χ2n) is 8.39. The number of benzene rings is 3. The van der Waals surface area contributed by atoms with Gasteiger partial charge < -0.3 is 14.6 Å². The lowest BCUT2D eigenvalue weighted by atomic mass is 9.79. The summed E-state index contributed by atoms with van der Waals surface area (Å²) in [6, 6.07) is 18.4. The number of fused-ring (bicyclic) bond motifs is 1. The Morgan fingerprint density at radius 2 is 1.65 bits per heavy atom. The average Bonchev–Trinajstić information content (AvgIpc) is 2.83. The van der Waals surface area contributed by atoms with Crippen molar-refractivity contribution >= 4 is 23.1 Å². The third-order valence-electron chi connectivity index (χ3n) is 6.48.